The Morgan fingerprint density at radius 2 is 2.29 bits per heavy atom. The minimum atomic E-state index is -0.862. The van der Waals surface area contributed by atoms with Gasteiger partial charge < -0.3 is 5.11 Å². The van der Waals surface area contributed by atoms with Crippen molar-refractivity contribution in [2.75, 3.05) is 0 Å². The Kier molecular flexibility index (Phi) is 5.71. The Labute approximate surface area is 86.0 Å². The van der Waals surface area contributed by atoms with Crippen LogP contribution < -0.4 is 0 Å². The van der Waals surface area contributed by atoms with Gasteiger partial charge in [-0.3, -0.25) is 4.79 Å². The monoisotopic (exact) mass is 194 g/mol. The van der Waals surface area contributed by atoms with E-state index in [1.54, 1.807) is 6.08 Å². The topological polar surface area (TPSA) is 37.3 Å². The van der Waals surface area contributed by atoms with Crippen LogP contribution in [0, 0.1) is 17.8 Å². The maximum atomic E-state index is 10.6. The molecule has 0 aromatic rings. The first kappa shape index (κ1) is 12.8. The predicted octanol–water partition coefficient (Wildman–Crippen LogP) is 2.85. The highest BCUT2D eigenvalue weighted by Gasteiger charge is 2.26. The number of rotatable bonds is 7. The maximum Gasteiger partial charge on any atom is 0.305 e. The molecule has 0 spiro atoms. The van der Waals surface area contributed by atoms with Crippen LogP contribution >= 0.6 is 0 Å². The molecule has 1 atom stereocenters. The fourth-order valence-electron chi connectivity index (χ4n) is 1.41. The van der Waals surface area contributed by atoms with Gasteiger partial charge in [-0.25, -0.2) is 0 Å². The molecule has 0 aromatic heterocycles. The zero-order valence-electron chi connectivity index (χ0n) is 8.75. The molecular weight excluding hydrogens is 176 g/mol. The summed E-state index contributed by atoms with van der Waals surface area (Å²) in [7, 11) is 0. The van der Waals surface area contributed by atoms with Crippen molar-refractivity contribution < 1.29 is 9.90 Å². The van der Waals surface area contributed by atoms with E-state index >= 15 is 0 Å². The first-order valence-electron chi connectivity index (χ1n) is 4.93. The lowest BCUT2D eigenvalue weighted by Crippen LogP contribution is -2.20. The molecule has 2 nitrogen and oxygen atoms in total. The molecule has 0 amide bonds. The third-order valence-electron chi connectivity index (χ3n) is 2.37. The summed E-state index contributed by atoms with van der Waals surface area (Å²) < 4.78 is 0. The minimum absolute atomic E-state index is 0.0171. The highest BCUT2D eigenvalue weighted by molar-refractivity contribution is 5.69. The smallest absolute Gasteiger partial charge is 0.305 e. The fourth-order valence-corrected chi connectivity index (χ4v) is 1.41. The van der Waals surface area contributed by atoms with Gasteiger partial charge in [0.15, 0.2) is 0 Å². The van der Waals surface area contributed by atoms with Crippen molar-refractivity contribution in [1.82, 2.24) is 0 Å². The summed E-state index contributed by atoms with van der Waals surface area (Å²) in [6, 6.07) is 0. The van der Waals surface area contributed by atoms with Crippen molar-refractivity contribution in [2.24, 2.45) is 5.41 Å². The van der Waals surface area contributed by atoms with E-state index in [4.69, 9.17) is 11.5 Å². The molecular formula is C12H18O2. The van der Waals surface area contributed by atoms with Gasteiger partial charge in [0, 0.05) is 0 Å². The summed E-state index contributed by atoms with van der Waals surface area (Å²) in [6.07, 6.45) is 10.8. The third kappa shape index (κ3) is 4.13. The van der Waals surface area contributed by atoms with Gasteiger partial charge in [0.1, 0.15) is 0 Å². The van der Waals surface area contributed by atoms with Crippen LogP contribution in [0.1, 0.15) is 39.0 Å². The number of aliphatic carboxylic acids is 1. The second-order valence-electron chi connectivity index (χ2n) is 3.53. The van der Waals surface area contributed by atoms with Gasteiger partial charge in [0.05, 0.1) is 11.8 Å². The molecule has 0 aromatic carbocycles. The van der Waals surface area contributed by atoms with Crippen LogP contribution in [0.15, 0.2) is 12.7 Å². The van der Waals surface area contributed by atoms with E-state index in [0.717, 1.165) is 19.3 Å². The van der Waals surface area contributed by atoms with Crippen molar-refractivity contribution in [1.29, 1.82) is 0 Å². The van der Waals surface area contributed by atoms with Gasteiger partial charge in [-0.15, -0.1) is 13.0 Å². The summed E-state index contributed by atoms with van der Waals surface area (Å²) in [6.45, 7) is 5.73. The normalized spacial score (nSPS) is 14.0. The van der Waals surface area contributed by atoms with Crippen LogP contribution in [-0.4, -0.2) is 11.1 Å². The summed E-state index contributed by atoms with van der Waals surface area (Å²) in [5.41, 5.74) is -0.652. The summed E-state index contributed by atoms with van der Waals surface area (Å²) >= 11 is 0. The minimum Gasteiger partial charge on any atom is -0.481 e. The number of carbonyl (C=O) groups is 1. The maximum absolute atomic E-state index is 10.6. The van der Waals surface area contributed by atoms with Crippen molar-refractivity contribution in [3.8, 4) is 12.3 Å². The Balaban J connectivity index is 4.31. The lowest BCUT2D eigenvalue weighted by atomic mass is 9.80. The lowest BCUT2D eigenvalue weighted by Gasteiger charge is -2.22. The van der Waals surface area contributed by atoms with Crippen molar-refractivity contribution in [3.63, 3.8) is 0 Å². The molecule has 1 N–H and O–H groups in total. The molecule has 0 bridgehead atoms. The SMILES string of the molecule is C#CC(C=C)(CCCCC)CC(=O)O. The fraction of sp³-hybridized carbons (Fsp3) is 0.583. The number of hydrogen-bond acceptors (Lipinski definition) is 1. The quantitative estimate of drug-likeness (QED) is 0.384. The van der Waals surface area contributed by atoms with Crippen molar-refractivity contribution >= 4 is 5.97 Å². The van der Waals surface area contributed by atoms with Gasteiger partial charge in [-0.1, -0.05) is 38.2 Å². The molecule has 0 heterocycles. The number of allylic oxidation sites excluding steroid dienone is 1. The van der Waals surface area contributed by atoms with Crippen LogP contribution in [0.4, 0.5) is 0 Å². The number of carboxylic acids is 1. The zero-order chi connectivity index (χ0) is 11.0. The van der Waals surface area contributed by atoms with Crippen molar-refractivity contribution in [2.45, 2.75) is 39.0 Å². The lowest BCUT2D eigenvalue weighted by molar-refractivity contribution is -0.138. The predicted molar refractivity (Wildman–Crippen MR) is 57.9 cm³/mol. The first-order valence-corrected chi connectivity index (χ1v) is 4.93. The van der Waals surface area contributed by atoms with E-state index in [2.05, 4.69) is 19.4 Å². The largest absolute Gasteiger partial charge is 0.481 e. The van der Waals surface area contributed by atoms with Crippen LogP contribution in [-0.2, 0) is 4.79 Å². The van der Waals surface area contributed by atoms with Gasteiger partial charge in [0.2, 0.25) is 0 Å². The van der Waals surface area contributed by atoms with E-state index in [1.165, 1.54) is 0 Å². The number of carboxylic acid groups (broad SMARTS) is 1. The summed E-state index contributed by atoms with van der Waals surface area (Å²) in [5, 5.41) is 8.72. The molecule has 0 aliphatic heterocycles. The Bertz CT molecular complexity index is 237. The van der Waals surface area contributed by atoms with E-state index in [0.29, 0.717) is 6.42 Å². The van der Waals surface area contributed by atoms with Crippen LogP contribution in [0.5, 0.6) is 0 Å². The molecule has 1 unspecified atom stereocenters. The van der Waals surface area contributed by atoms with E-state index in [9.17, 15) is 4.79 Å². The number of unbranched alkanes of at least 4 members (excludes halogenated alkanes) is 2. The molecule has 14 heavy (non-hydrogen) atoms. The highest BCUT2D eigenvalue weighted by Crippen LogP contribution is 2.29. The average molecular weight is 194 g/mol. The Morgan fingerprint density at radius 1 is 1.64 bits per heavy atom. The molecule has 0 rings (SSSR count). The summed E-state index contributed by atoms with van der Waals surface area (Å²) in [4.78, 5) is 10.6. The van der Waals surface area contributed by atoms with Crippen molar-refractivity contribution in [3.05, 3.63) is 12.7 Å². The van der Waals surface area contributed by atoms with E-state index in [1.807, 2.05) is 0 Å². The molecule has 2 heteroatoms. The molecule has 0 aliphatic rings. The highest BCUT2D eigenvalue weighted by atomic mass is 16.4. The molecule has 0 saturated carbocycles. The molecule has 0 aliphatic carbocycles. The average Bonchev–Trinajstić information content (AvgIpc) is 2.16. The number of terminal acetylenes is 1. The zero-order valence-corrected chi connectivity index (χ0v) is 8.75. The Morgan fingerprint density at radius 3 is 2.64 bits per heavy atom. The van der Waals surface area contributed by atoms with Crippen LogP contribution in [0.2, 0.25) is 0 Å². The molecule has 0 fully saturated rings. The number of hydrogen-bond donors (Lipinski definition) is 1. The van der Waals surface area contributed by atoms with E-state index < -0.39 is 11.4 Å². The molecule has 78 valence electrons. The first-order chi connectivity index (χ1) is 6.60. The van der Waals surface area contributed by atoms with Crippen LogP contribution in [0.25, 0.3) is 0 Å². The standard InChI is InChI=1S/C12H18O2/c1-4-7-8-9-12(5-2,6-3)10-11(13)14/h2,6H,3-4,7-10H2,1H3,(H,13,14). The third-order valence-corrected chi connectivity index (χ3v) is 2.37. The Hall–Kier alpha value is -1.23. The second kappa shape index (κ2) is 6.26. The van der Waals surface area contributed by atoms with Gasteiger partial charge in [0.25, 0.3) is 0 Å². The second-order valence-corrected chi connectivity index (χ2v) is 3.53. The van der Waals surface area contributed by atoms with E-state index in [-0.39, 0.29) is 6.42 Å². The van der Waals surface area contributed by atoms with Gasteiger partial charge >= 0.3 is 5.97 Å². The van der Waals surface area contributed by atoms with Crippen LogP contribution in [0.3, 0.4) is 0 Å². The summed E-state index contributed by atoms with van der Waals surface area (Å²) in [5.74, 6) is 1.69. The molecule has 0 saturated heterocycles. The van der Waals surface area contributed by atoms with Gasteiger partial charge in [-0.2, -0.15) is 0 Å². The van der Waals surface area contributed by atoms with Gasteiger partial charge in [-0.05, 0) is 6.42 Å². The molecule has 0 radical (unpaired) electrons.